The summed E-state index contributed by atoms with van der Waals surface area (Å²) < 4.78 is 37.9. The number of benzene rings is 2. The van der Waals surface area contributed by atoms with Gasteiger partial charge in [0.05, 0.1) is 24.3 Å². The first-order valence-electron chi connectivity index (χ1n) is 9.66. The monoisotopic (exact) mass is 418 g/mol. The number of amides is 1. The summed E-state index contributed by atoms with van der Waals surface area (Å²) >= 11 is 0. The van der Waals surface area contributed by atoms with Crippen molar-refractivity contribution >= 4 is 21.6 Å². The Balaban J connectivity index is 1.60. The predicted octanol–water partition coefficient (Wildman–Crippen LogP) is 3.28. The quantitative estimate of drug-likeness (QED) is 0.632. The SMILES string of the molecule is COc1ccc(S(=O)(=O)N2CCCC2)cc1NC(=O)CCCOc1ccccc1. The fourth-order valence-electron chi connectivity index (χ4n) is 3.17. The van der Waals surface area contributed by atoms with E-state index in [0.717, 1.165) is 18.6 Å². The van der Waals surface area contributed by atoms with Crippen LogP contribution in [0.2, 0.25) is 0 Å². The van der Waals surface area contributed by atoms with Gasteiger partial charge in [0.2, 0.25) is 15.9 Å². The summed E-state index contributed by atoms with van der Waals surface area (Å²) in [6.45, 7) is 1.47. The molecule has 0 spiro atoms. The Kier molecular flexibility index (Phi) is 7.11. The molecule has 1 saturated heterocycles. The van der Waals surface area contributed by atoms with Gasteiger partial charge in [-0.1, -0.05) is 18.2 Å². The molecule has 1 N–H and O–H groups in total. The average molecular weight is 419 g/mol. The van der Waals surface area contributed by atoms with Crippen molar-refractivity contribution in [2.75, 3.05) is 32.1 Å². The summed E-state index contributed by atoms with van der Waals surface area (Å²) in [5.41, 5.74) is 0.349. The second kappa shape index (κ2) is 9.76. The molecule has 1 fully saturated rings. The zero-order valence-electron chi connectivity index (χ0n) is 16.5. The largest absolute Gasteiger partial charge is 0.495 e. The Labute approximate surface area is 171 Å². The van der Waals surface area contributed by atoms with Crippen molar-refractivity contribution in [2.45, 2.75) is 30.6 Å². The lowest BCUT2D eigenvalue weighted by Crippen LogP contribution is -2.28. The van der Waals surface area contributed by atoms with Crippen LogP contribution in [0.15, 0.2) is 53.4 Å². The maximum Gasteiger partial charge on any atom is 0.243 e. The number of anilines is 1. The minimum absolute atomic E-state index is 0.155. The van der Waals surface area contributed by atoms with E-state index in [1.807, 2.05) is 30.3 Å². The van der Waals surface area contributed by atoms with Crippen LogP contribution in [0.5, 0.6) is 11.5 Å². The summed E-state index contributed by atoms with van der Waals surface area (Å²) in [5.74, 6) is 0.948. The maximum atomic E-state index is 12.8. The first-order valence-corrected chi connectivity index (χ1v) is 11.1. The first kappa shape index (κ1) is 21.1. The molecule has 3 rings (SSSR count). The van der Waals surface area contributed by atoms with E-state index < -0.39 is 10.0 Å². The molecule has 1 amide bonds. The number of methoxy groups -OCH3 is 1. The number of nitrogens with one attached hydrogen (secondary N) is 1. The van der Waals surface area contributed by atoms with Gasteiger partial charge in [0, 0.05) is 19.5 Å². The molecule has 7 nitrogen and oxygen atoms in total. The zero-order valence-corrected chi connectivity index (χ0v) is 17.3. The summed E-state index contributed by atoms with van der Waals surface area (Å²) in [5, 5.41) is 2.76. The number of para-hydroxylation sites is 1. The molecule has 0 aromatic heterocycles. The Morgan fingerprint density at radius 1 is 1.10 bits per heavy atom. The second-order valence-corrected chi connectivity index (χ2v) is 8.72. The van der Waals surface area contributed by atoms with Crippen molar-refractivity contribution in [3.8, 4) is 11.5 Å². The highest BCUT2D eigenvalue weighted by Gasteiger charge is 2.28. The molecule has 0 aliphatic carbocycles. The van der Waals surface area contributed by atoms with Gasteiger partial charge in [-0.15, -0.1) is 0 Å². The Morgan fingerprint density at radius 3 is 2.52 bits per heavy atom. The third-order valence-corrected chi connectivity index (χ3v) is 6.60. The van der Waals surface area contributed by atoms with Gasteiger partial charge in [0.15, 0.2) is 0 Å². The van der Waals surface area contributed by atoms with Crippen molar-refractivity contribution in [1.29, 1.82) is 0 Å². The van der Waals surface area contributed by atoms with Crippen molar-refractivity contribution in [3.63, 3.8) is 0 Å². The van der Waals surface area contributed by atoms with Gasteiger partial charge in [-0.3, -0.25) is 4.79 Å². The highest BCUT2D eigenvalue weighted by Crippen LogP contribution is 2.30. The number of hydrogen-bond donors (Lipinski definition) is 1. The third kappa shape index (κ3) is 5.48. The van der Waals surface area contributed by atoms with Gasteiger partial charge in [-0.05, 0) is 49.6 Å². The summed E-state index contributed by atoms with van der Waals surface area (Å²) in [4.78, 5) is 12.5. The standard InChI is InChI=1S/C21H26N2O5S/c1-27-20-12-11-18(29(25,26)23-13-5-6-14-23)16-19(20)22-21(24)10-7-15-28-17-8-3-2-4-9-17/h2-4,8-9,11-12,16H,5-7,10,13-15H2,1H3,(H,22,24). The van der Waals surface area contributed by atoms with E-state index in [1.54, 1.807) is 6.07 Å². The van der Waals surface area contributed by atoms with Crippen LogP contribution in [-0.4, -0.2) is 45.4 Å². The average Bonchev–Trinajstić information content (AvgIpc) is 3.28. The molecule has 2 aromatic rings. The van der Waals surface area contributed by atoms with Crippen molar-refractivity contribution in [1.82, 2.24) is 4.31 Å². The summed E-state index contributed by atoms with van der Waals surface area (Å²) in [6.07, 6.45) is 2.52. The van der Waals surface area contributed by atoms with Crippen LogP contribution >= 0.6 is 0 Å². The van der Waals surface area contributed by atoms with Gasteiger partial charge in [-0.25, -0.2) is 8.42 Å². The van der Waals surface area contributed by atoms with Crippen molar-refractivity contribution in [3.05, 3.63) is 48.5 Å². The number of sulfonamides is 1. The summed E-state index contributed by atoms with van der Waals surface area (Å²) in [6, 6.07) is 13.9. The van der Waals surface area contributed by atoms with E-state index in [-0.39, 0.29) is 17.2 Å². The molecule has 0 saturated carbocycles. The van der Waals surface area contributed by atoms with Crippen LogP contribution in [0.1, 0.15) is 25.7 Å². The molecule has 0 bridgehead atoms. The lowest BCUT2D eigenvalue weighted by molar-refractivity contribution is -0.116. The second-order valence-electron chi connectivity index (χ2n) is 6.79. The molecule has 2 aromatic carbocycles. The molecule has 0 unspecified atom stereocenters. The first-order chi connectivity index (χ1) is 14.0. The third-order valence-electron chi connectivity index (χ3n) is 4.71. The lowest BCUT2D eigenvalue weighted by atomic mass is 10.2. The highest BCUT2D eigenvalue weighted by molar-refractivity contribution is 7.89. The number of ether oxygens (including phenoxy) is 2. The predicted molar refractivity (Wildman–Crippen MR) is 111 cm³/mol. The normalized spacial score (nSPS) is 14.5. The van der Waals surface area contributed by atoms with Crippen LogP contribution in [0.3, 0.4) is 0 Å². The van der Waals surface area contributed by atoms with E-state index in [4.69, 9.17) is 9.47 Å². The fraction of sp³-hybridized carbons (Fsp3) is 0.381. The Bertz CT molecular complexity index is 925. The van der Waals surface area contributed by atoms with Crippen LogP contribution in [0.25, 0.3) is 0 Å². The minimum atomic E-state index is -3.57. The van der Waals surface area contributed by atoms with Gasteiger partial charge < -0.3 is 14.8 Å². The zero-order chi connectivity index (χ0) is 20.7. The molecule has 0 atom stereocenters. The number of carbonyl (C=O) groups is 1. The highest BCUT2D eigenvalue weighted by atomic mass is 32.2. The molecular formula is C21H26N2O5S. The minimum Gasteiger partial charge on any atom is -0.495 e. The van der Waals surface area contributed by atoms with E-state index in [0.29, 0.717) is 37.6 Å². The number of rotatable bonds is 9. The van der Waals surface area contributed by atoms with Crippen molar-refractivity contribution < 1.29 is 22.7 Å². The molecule has 156 valence electrons. The molecule has 1 aliphatic rings. The van der Waals surface area contributed by atoms with Gasteiger partial charge in [0.25, 0.3) is 0 Å². The van der Waals surface area contributed by atoms with Crippen LogP contribution in [-0.2, 0) is 14.8 Å². The lowest BCUT2D eigenvalue weighted by Gasteiger charge is -2.17. The topological polar surface area (TPSA) is 84.9 Å². The molecule has 1 aliphatic heterocycles. The van der Waals surface area contributed by atoms with E-state index in [2.05, 4.69) is 5.32 Å². The Morgan fingerprint density at radius 2 is 1.83 bits per heavy atom. The van der Waals surface area contributed by atoms with E-state index in [1.165, 1.54) is 23.5 Å². The maximum absolute atomic E-state index is 12.8. The smallest absolute Gasteiger partial charge is 0.243 e. The van der Waals surface area contributed by atoms with Crippen molar-refractivity contribution in [2.24, 2.45) is 0 Å². The number of carbonyl (C=O) groups excluding carboxylic acids is 1. The number of nitrogens with zero attached hydrogens (tertiary/aromatic N) is 1. The summed E-state index contributed by atoms with van der Waals surface area (Å²) in [7, 11) is -2.09. The fourth-order valence-corrected chi connectivity index (χ4v) is 4.72. The van der Waals surface area contributed by atoms with E-state index in [9.17, 15) is 13.2 Å². The molecule has 29 heavy (non-hydrogen) atoms. The van der Waals surface area contributed by atoms with Crippen LogP contribution < -0.4 is 14.8 Å². The van der Waals surface area contributed by atoms with E-state index >= 15 is 0 Å². The van der Waals surface area contributed by atoms with Gasteiger partial charge in [0.1, 0.15) is 11.5 Å². The molecule has 8 heteroatoms. The van der Waals surface area contributed by atoms with Crippen LogP contribution in [0.4, 0.5) is 5.69 Å². The molecular weight excluding hydrogens is 392 g/mol. The number of hydrogen-bond acceptors (Lipinski definition) is 5. The Hall–Kier alpha value is -2.58. The molecule has 0 radical (unpaired) electrons. The van der Waals surface area contributed by atoms with Gasteiger partial charge >= 0.3 is 0 Å². The van der Waals surface area contributed by atoms with Crippen LogP contribution in [0, 0.1) is 0 Å². The molecule has 1 heterocycles. The van der Waals surface area contributed by atoms with Gasteiger partial charge in [-0.2, -0.15) is 4.31 Å².